The minimum Gasteiger partial charge on any atom is -0.225 e. The standard InChI is InChI=1S/C11H17FN2O4S2/c1-8(2)5-6-14-20(17,18)11-4-3-9(7-10(11)12)19(13,15)16/h3-4,7-8,14H,5-6H2,1-2H3,(H2,13,15,16). The van der Waals surface area contributed by atoms with Gasteiger partial charge in [-0.25, -0.2) is 31.1 Å². The highest BCUT2D eigenvalue weighted by Crippen LogP contribution is 2.18. The molecule has 0 aliphatic carbocycles. The van der Waals surface area contributed by atoms with Crippen molar-refractivity contribution in [3.63, 3.8) is 0 Å². The summed E-state index contributed by atoms with van der Waals surface area (Å²) in [5, 5.41) is 4.84. The van der Waals surface area contributed by atoms with Crippen molar-refractivity contribution < 1.29 is 21.2 Å². The minimum absolute atomic E-state index is 0.177. The van der Waals surface area contributed by atoms with Crippen molar-refractivity contribution in [3.05, 3.63) is 24.0 Å². The van der Waals surface area contributed by atoms with Crippen molar-refractivity contribution in [1.82, 2.24) is 4.72 Å². The van der Waals surface area contributed by atoms with Gasteiger partial charge in [0.25, 0.3) is 0 Å². The van der Waals surface area contributed by atoms with Crippen LogP contribution >= 0.6 is 0 Å². The molecule has 0 heterocycles. The van der Waals surface area contributed by atoms with E-state index in [1.807, 2.05) is 13.8 Å². The number of halogens is 1. The fourth-order valence-corrected chi connectivity index (χ4v) is 3.07. The Labute approximate surface area is 118 Å². The van der Waals surface area contributed by atoms with Crippen molar-refractivity contribution in [1.29, 1.82) is 0 Å². The Morgan fingerprint density at radius 1 is 1.25 bits per heavy atom. The second kappa shape index (κ2) is 6.17. The first kappa shape index (κ1) is 17.0. The highest BCUT2D eigenvalue weighted by molar-refractivity contribution is 7.89. The van der Waals surface area contributed by atoms with Gasteiger partial charge in [0.05, 0.1) is 4.90 Å². The Balaban J connectivity index is 3.02. The maximum atomic E-state index is 13.7. The van der Waals surface area contributed by atoms with Gasteiger partial charge < -0.3 is 0 Å². The number of benzene rings is 1. The molecule has 0 aromatic heterocycles. The molecular formula is C11H17FN2O4S2. The first-order valence-electron chi connectivity index (χ1n) is 5.86. The molecule has 0 bridgehead atoms. The topological polar surface area (TPSA) is 106 Å². The largest absolute Gasteiger partial charge is 0.243 e. The lowest BCUT2D eigenvalue weighted by molar-refractivity contribution is 0.538. The molecule has 0 saturated carbocycles. The van der Waals surface area contributed by atoms with Crippen LogP contribution in [0.25, 0.3) is 0 Å². The summed E-state index contributed by atoms with van der Waals surface area (Å²) in [6.07, 6.45) is 0.607. The first-order chi connectivity index (χ1) is 9.04. The zero-order valence-corrected chi connectivity index (χ0v) is 12.8. The molecule has 0 radical (unpaired) electrons. The van der Waals surface area contributed by atoms with E-state index in [2.05, 4.69) is 4.72 Å². The summed E-state index contributed by atoms with van der Waals surface area (Å²) in [4.78, 5) is -1.08. The Hall–Kier alpha value is -1.03. The lowest BCUT2D eigenvalue weighted by atomic mass is 10.1. The van der Waals surface area contributed by atoms with Crippen LogP contribution in [-0.2, 0) is 20.0 Å². The van der Waals surface area contributed by atoms with Crippen molar-refractivity contribution in [2.24, 2.45) is 11.1 Å². The molecule has 3 N–H and O–H groups in total. The summed E-state index contributed by atoms with van der Waals surface area (Å²) >= 11 is 0. The second-order valence-electron chi connectivity index (χ2n) is 4.72. The highest BCUT2D eigenvalue weighted by atomic mass is 32.2. The summed E-state index contributed by atoms with van der Waals surface area (Å²) in [6, 6.07) is 2.43. The third kappa shape index (κ3) is 4.51. The van der Waals surface area contributed by atoms with Crippen LogP contribution in [0.15, 0.2) is 28.0 Å². The average Bonchev–Trinajstić information content (AvgIpc) is 2.26. The number of hydrogen-bond donors (Lipinski definition) is 2. The van der Waals surface area contributed by atoms with Crippen LogP contribution in [-0.4, -0.2) is 23.4 Å². The van der Waals surface area contributed by atoms with Crippen LogP contribution in [0.5, 0.6) is 0 Å². The lowest BCUT2D eigenvalue weighted by Crippen LogP contribution is -2.26. The third-order valence-electron chi connectivity index (χ3n) is 2.54. The van der Waals surface area contributed by atoms with Crippen LogP contribution in [0.1, 0.15) is 20.3 Å². The number of rotatable bonds is 6. The summed E-state index contributed by atoms with van der Waals surface area (Å²) in [5.74, 6) is -0.860. The van der Waals surface area contributed by atoms with E-state index in [1.165, 1.54) is 0 Å². The number of primary sulfonamides is 1. The highest BCUT2D eigenvalue weighted by Gasteiger charge is 2.21. The summed E-state index contributed by atoms with van der Waals surface area (Å²) < 4.78 is 61.8. The van der Waals surface area contributed by atoms with E-state index in [1.54, 1.807) is 0 Å². The molecule has 0 aliphatic heterocycles. The summed E-state index contributed by atoms with van der Waals surface area (Å²) in [5.41, 5.74) is 0. The van der Waals surface area contributed by atoms with Gasteiger partial charge in [0.2, 0.25) is 20.0 Å². The normalized spacial score (nSPS) is 12.8. The van der Waals surface area contributed by atoms with Crippen LogP contribution in [0.2, 0.25) is 0 Å². The van der Waals surface area contributed by atoms with Crippen molar-refractivity contribution >= 4 is 20.0 Å². The molecule has 20 heavy (non-hydrogen) atoms. The molecule has 1 rings (SSSR count). The molecule has 0 spiro atoms. The SMILES string of the molecule is CC(C)CCNS(=O)(=O)c1ccc(S(N)(=O)=O)cc1F. The molecule has 0 unspecified atom stereocenters. The number of nitrogens with one attached hydrogen (secondary N) is 1. The van der Waals surface area contributed by atoms with Gasteiger partial charge in [-0.1, -0.05) is 13.8 Å². The van der Waals surface area contributed by atoms with Crippen LogP contribution in [0.4, 0.5) is 4.39 Å². The molecule has 1 aromatic carbocycles. The predicted octanol–water partition coefficient (Wildman–Crippen LogP) is 0.798. The minimum atomic E-state index is -4.07. The van der Waals surface area contributed by atoms with Gasteiger partial charge in [0, 0.05) is 6.54 Å². The molecule has 0 fully saturated rings. The predicted molar refractivity (Wildman–Crippen MR) is 72.4 cm³/mol. The number of hydrogen-bond acceptors (Lipinski definition) is 4. The Morgan fingerprint density at radius 3 is 2.30 bits per heavy atom. The Kier molecular flexibility index (Phi) is 5.25. The quantitative estimate of drug-likeness (QED) is 0.807. The van der Waals surface area contributed by atoms with E-state index in [9.17, 15) is 21.2 Å². The molecule has 114 valence electrons. The average molecular weight is 324 g/mol. The van der Waals surface area contributed by atoms with Gasteiger partial charge in [-0.2, -0.15) is 0 Å². The van der Waals surface area contributed by atoms with Gasteiger partial charge in [-0.15, -0.1) is 0 Å². The monoisotopic (exact) mass is 324 g/mol. The molecule has 6 nitrogen and oxygen atoms in total. The van der Waals surface area contributed by atoms with Gasteiger partial charge in [0.1, 0.15) is 10.7 Å². The van der Waals surface area contributed by atoms with Crippen molar-refractivity contribution in [2.45, 2.75) is 30.1 Å². The van der Waals surface area contributed by atoms with Crippen LogP contribution in [0, 0.1) is 11.7 Å². The van der Waals surface area contributed by atoms with Crippen LogP contribution in [0.3, 0.4) is 0 Å². The molecule has 0 aliphatic rings. The smallest absolute Gasteiger partial charge is 0.225 e. The van der Waals surface area contributed by atoms with E-state index in [4.69, 9.17) is 5.14 Å². The lowest BCUT2D eigenvalue weighted by Gasteiger charge is -2.09. The van der Waals surface area contributed by atoms with E-state index in [0.717, 1.165) is 12.1 Å². The first-order valence-corrected chi connectivity index (χ1v) is 8.89. The van der Waals surface area contributed by atoms with Gasteiger partial charge in [-0.05, 0) is 30.5 Å². The molecule has 0 amide bonds. The summed E-state index contributed by atoms with van der Waals surface area (Å²) in [7, 11) is -8.08. The third-order valence-corrected chi connectivity index (χ3v) is 4.94. The van der Waals surface area contributed by atoms with Crippen LogP contribution < -0.4 is 9.86 Å². The van der Waals surface area contributed by atoms with E-state index in [-0.39, 0.29) is 6.54 Å². The van der Waals surface area contributed by atoms with Crippen molar-refractivity contribution in [3.8, 4) is 0 Å². The maximum absolute atomic E-state index is 13.7. The Bertz CT molecular complexity index is 684. The molecule has 9 heteroatoms. The van der Waals surface area contributed by atoms with Gasteiger partial charge in [0.15, 0.2) is 0 Å². The number of nitrogens with two attached hydrogens (primary N) is 1. The van der Waals surface area contributed by atoms with Gasteiger partial charge >= 0.3 is 0 Å². The Morgan fingerprint density at radius 2 is 1.85 bits per heavy atom. The fraction of sp³-hybridized carbons (Fsp3) is 0.455. The second-order valence-corrected chi connectivity index (χ2v) is 8.01. The zero-order valence-electron chi connectivity index (χ0n) is 11.1. The fourth-order valence-electron chi connectivity index (χ4n) is 1.44. The van der Waals surface area contributed by atoms with E-state index in [0.29, 0.717) is 18.4 Å². The van der Waals surface area contributed by atoms with E-state index >= 15 is 0 Å². The molecule has 1 aromatic rings. The van der Waals surface area contributed by atoms with Gasteiger partial charge in [-0.3, -0.25) is 0 Å². The summed E-state index contributed by atoms with van der Waals surface area (Å²) in [6.45, 7) is 4.03. The van der Waals surface area contributed by atoms with E-state index < -0.39 is 35.7 Å². The number of sulfonamides is 2. The molecular weight excluding hydrogens is 307 g/mol. The maximum Gasteiger partial charge on any atom is 0.243 e. The zero-order chi connectivity index (χ0) is 15.6. The van der Waals surface area contributed by atoms with Crippen molar-refractivity contribution in [2.75, 3.05) is 6.54 Å². The molecule has 0 atom stereocenters. The molecule has 0 saturated heterocycles.